The number of aromatic nitrogens is 3. The van der Waals surface area contributed by atoms with Crippen LogP contribution in [0.15, 0.2) is 67.0 Å². The van der Waals surface area contributed by atoms with E-state index in [0.717, 1.165) is 39.3 Å². The van der Waals surface area contributed by atoms with E-state index in [9.17, 15) is 0 Å². The summed E-state index contributed by atoms with van der Waals surface area (Å²) in [6, 6.07) is 17.6. The first-order valence-electron chi connectivity index (χ1n) is 8.13. The van der Waals surface area contributed by atoms with E-state index in [1.54, 1.807) is 12.4 Å². The molecule has 4 rings (SSSR count). The van der Waals surface area contributed by atoms with Gasteiger partial charge in [-0.2, -0.15) is 0 Å². The number of benzene rings is 1. The van der Waals surface area contributed by atoms with Gasteiger partial charge in [0.05, 0.1) is 11.2 Å². The maximum absolute atomic E-state index is 6.27. The predicted molar refractivity (Wildman–Crippen MR) is 98.8 cm³/mol. The fourth-order valence-electron chi connectivity index (χ4n) is 2.72. The minimum Gasteiger partial charge on any atom is -0.454 e. The van der Waals surface area contributed by atoms with Crippen molar-refractivity contribution in [2.24, 2.45) is 0 Å². The van der Waals surface area contributed by atoms with Gasteiger partial charge in [0, 0.05) is 23.5 Å². The third-order valence-electron chi connectivity index (χ3n) is 4.17. The standard InChI is InChI=1S/C21H17N3O/c1-14-13-20(21(24-15(14)2)18-9-5-6-11-22-18)25-19-10-12-23-17-8-4-3-7-16(17)19/h3-13H,1-2H3. The van der Waals surface area contributed by atoms with Crippen molar-refractivity contribution < 1.29 is 4.74 Å². The summed E-state index contributed by atoms with van der Waals surface area (Å²) in [5, 5.41) is 0.968. The average Bonchev–Trinajstić information content (AvgIpc) is 2.65. The van der Waals surface area contributed by atoms with Crippen molar-refractivity contribution >= 4 is 10.9 Å². The first-order valence-corrected chi connectivity index (χ1v) is 8.13. The van der Waals surface area contributed by atoms with Gasteiger partial charge in [-0.15, -0.1) is 0 Å². The smallest absolute Gasteiger partial charge is 0.155 e. The van der Waals surface area contributed by atoms with Crippen LogP contribution in [0, 0.1) is 13.8 Å². The molecular weight excluding hydrogens is 310 g/mol. The van der Waals surface area contributed by atoms with Crippen LogP contribution in [0.3, 0.4) is 0 Å². The highest BCUT2D eigenvalue weighted by atomic mass is 16.5. The quantitative estimate of drug-likeness (QED) is 0.525. The Kier molecular flexibility index (Phi) is 3.86. The molecule has 4 nitrogen and oxygen atoms in total. The molecule has 4 aromatic rings. The lowest BCUT2D eigenvalue weighted by molar-refractivity contribution is 0.486. The predicted octanol–water partition coefficient (Wildman–Crippen LogP) is 5.10. The van der Waals surface area contributed by atoms with E-state index in [1.807, 2.05) is 68.4 Å². The van der Waals surface area contributed by atoms with Crippen molar-refractivity contribution in [1.29, 1.82) is 0 Å². The Morgan fingerprint density at radius 1 is 0.800 bits per heavy atom. The third kappa shape index (κ3) is 2.94. The van der Waals surface area contributed by atoms with Gasteiger partial charge in [-0.05, 0) is 55.8 Å². The van der Waals surface area contributed by atoms with Crippen LogP contribution in [-0.2, 0) is 0 Å². The molecule has 0 spiro atoms. The van der Waals surface area contributed by atoms with Crippen molar-refractivity contribution in [3.05, 3.63) is 78.2 Å². The van der Waals surface area contributed by atoms with E-state index in [4.69, 9.17) is 9.72 Å². The zero-order valence-corrected chi connectivity index (χ0v) is 14.1. The Labute approximate surface area is 146 Å². The molecule has 0 fully saturated rings. The van der Waals surface area contributed by atoms with Crippen LogP contribution < -0.4 is 4.74 Å². The molecule has 3 heterocycles. The monoisotopic (exact) mass is 327 g/mol. The Balaban J connectivity index is 1.86. The molecular formula is C21H17N3O. The topological polar surface area (TPSA) is 47.9 Å². The Bertz CT molecular complexity index is 1040. The lowest BCUT2D eigenvalue weighted by Gasteiger charge is -2.14. The Morgan fingerprint density at radius 3 is 2.48 bits per heavy atom. The van der Waals surface area contributed by atoms with Crippen LogP contribution in [0.1, 0.15) is 11.3 Å². The lowest BCUT2D eigenvalue weighted by atomic mass is 10.1. The first kappa shape index (κ1) is 15.3. The molecule has 0 aliphatic heterocycles. The van der Waals surface area contributed by atoms with Gasteiger partial charge in [-0.25, -0.2) is 4.98 Å². The number of aryl methyl sites for hydroxylation is 2. The highest BCUT2D eigenvalue weighted by Crippen LogP contribution is 2.35. The van der Waals surface area contributed by atoms with Gasteiger partial charge in [0.2, 0.25) is 0 Å². The van der Waals surface area contributed by atoms with Crippen LogP contribution in [0.4, 0.5) is 0 Å². The van der Waals surface area contributed by atoms with Crippen molar-refractivity contribution in [1.82, 2.24) is 15.0 Å². The minimum atomic E-state index is 0.693. The molecule has 0 N–H and O–H groups in total. The van der Waals surface area contributed by atoms with Crippen LogP contribution >= 0.6 is 0 Å². The first-order chi connectivity index (χ1) is 12.2. The summed E-state index contributed by atoms with van der Waals surface area (Å²) < 4.78 is 6.27. The summed E-state index contributed by atoms with van der Waals surface area (Å²) in [6.07, 6.45) is 3.52. The number of ether oxygens (including phenoxy) is 1. The van der Waals surface area contributed by atoms with Gasteiger partial charge in [0.15, 0.2) is 5.75 Å². The van der Waals surface area contributed by atoms with Crippen LogP contribution in [0.2, 0.25) is 0 Å². The van der Waals surface area contributed by atoms with Crippen molar-refractivity contribution in [2.45, 2.75) is 13.8 Å². The second kappa shape index (κ2) is 6.32. The van der Waals surface area contributed by atoms with Gasteiger partial charge in [0.25, 0.3) is 0 Å². The number of pyridine rings is 3. The number of hydrogen-bond acceptors (Lipinski definition) is 4. The van der Waals surface area contributed by atoms with Crippen molar-refractivity contribution in [2.75, 3.05) is 0 Å². The fourth-order valence-corrected chi connectivity index (χ4v) is 2.72. The van der Waals surface area contributed by atoms with E-state index in [1.165, 1.54) is 0 Å². The van der Waals surface area contributed by atoms with Gasteiger partial charge in [-0.1, -0.05) is 18.2 Å². The average molecular weight is 327 g/mol. The number of nitrogens with zero attached hydrogens (tertiary/aromatic N) is 3. The highest BCUT2D eigenvalue weighted by Gasteiger charge is 2.14. The highest BCUT2D eigenvalue weighted by molar-refractivity contribution is 5.85. The fraction of sp³-hybridized carbons (Fsp3) is 0.0952. The van der Waals surface area contributed by atoms with Crippen molar-refractivity contribution in [3.8, 4) is 22.9 Å². The maximum atomic E-state index is 6.27. The molecule has 0 saturated carbocycles. The van der Waals surface area contributed by atoms with Gasteiger partial charge >= 0.3 is 0 Å². The molecule has 3 aromatic heterocycles. The van der Waals surface area contributed by atoms with Gasteiger partial charge in [0.1, 0.15) is 11.4 Å². The van der Waals surface area contributed by atoms with E-state index in [0.29, 0.717) is 5.75 Å². The van der Waals surface area contributed by atoms with E-state index < -0.39 is 0 Å². The molecule has 4 heteroatoms. The summed E-state index contributed by atoms with van der Waals surface area (Å²) >= 11 is 0. The Morgan fingerprint density at radius 2 is 1.64 bits per heavy atom. The summed E-state index contributed by atoms with van der Waals surface area (Å²) in [5.74, 6) is 1.45. The normalized spacial score (nSPS) is 10.8. The molecule has 0 aliphatic carbocycles. The van der Waals surface area contributed by atoms with Crippen LogP contribution in [0.25, 0.3) is 22.3 Å². The van der Waals surface area contributed by atoms with Crippen molar-refractivity contribution in [3.63, 3.8) is 0 Å². The van der Waals surface area contributed by atoms with E-state index >= 15 is 0 Å². The van der Waals surface area contributed by atoms with Gasteiger partial charge in [-0.3, -0.25) is 9.97 Å². The van der Waals surface area contributed by atoms with Gasteiger partial charge < -0.3 is 4.74 Å². The van der Waals surface area contributed by atoms with Crippen LogP contribution in [0.5, 0.6) is 11.5 Å². The molecule has 0 saturated heterocycles. The molecule has 0 radical (unpaired) electrons. The van der Waals surface area contributed by atoms with E-state index in [2.05, 4.69) is 9.97 Å². The molecule has 0 aliphatic rings. The lowest BCUT2D eigenvalue weighted by Crippen LogP contribution is -1.98. The maximum Gasteiger partial charge on any atom is 0.155 e. The number of rotatable bonds is 3. The molecule has 122 valence electrons. The van der Waals surface area contributed by atoms with E-state index in [-0.39, 0.29) is 0 Å². The molecule has 0 unspecified atom stereocenters. The second-order valence-electron chi connectivity index (χ2n) is 5.88. The summed E-state index contributed by atoms with van der Waals surface area (Å²) in [6.45, 7) is 4.02. The largest absolute Gasteiger partial charge is 0.454 e. The molecule has 0 amide bonds. The minimum absolute atomic E-state index is 0.693. The van der Waals surface area contributed by atoms with Crippen LogP contribution in [-0.4, -0.2) is 15.0 Å². The molecule has 0 atom stereocenters. The third-order valence-corrected chi connectivity index (χ3v) is 4.17. The molecule has 0 bridgehead atoms. The molecule has 25 heavy (non-hydrogen) atoms. The number of hydrogen-bond donors (Lipinski definition) is 0. The summed E-state index contributed by atoms with van der Waals surface area (Å²) in [4.78, 5) is 13.5. The number of fused-ring (bicyclic) bond motifs is 1. The zero-order valence-electron chi connectivity index (χ0n) is 14.1. The number of para-hydroxylation sites is 1. The molecule has 1 aromatic carbocycles. The summed E-state index contributed by atoms with van der Waals surface area (Å²) in [5.41, 5.74) is 4.47. The SMILES string of the molecule is Cc1cc(Oc2ccnc3ccccc23)c(-c2ccccn2)nc1C. The Hall–Kier alpha value is -3.27. The zero-order chi connectivity index (χ0) is 17.2. The second-order valence-corrected chi connectivity index (χ2v) is 5.88. The summed E-state index contributed by atoms with van der Waals surface area (Å²) in [7, 11) is 0.